The molecule has 3 aromatic rings. The summed E-state index contributed by atoms with van der Waals surface area (Å²) in [5.41, 5.74) is 1.63. The fourth-order valence-corrected chi connectivity index (χ4v) is 7.42. The minimum atomic E-state index is -3.52. The van der Waals surface area contributed by atoms with Gasteiger partial charge in [-0.15, -0.1) is 22.7 Å². The first-order chi connectivity index (χ1) is 13.5. The highest BCUT2D eigenvalue weighted by Gasteiger charge is 2.33. The zero-order chi connectivity index (χ0) is 19.7. The van der Waals surface area contributed by atoms with Gasteiger partial charge in [-0.1, -0.05) is 17.8 Å². The molecule has 28 heavy (non-hydrogen) atoms. The Morgan fingerprint density at radius 3 is 2.96 bits per heavy atom. The van der Waals surface area contributed by atoms with E-state index in [-0.39, 0.29) is 18.4 Å². The number of aromatic nitrogens is 1. The standard InChI is InChI=1S/C18H19N3O3S4/c1-25-18-20-14-7-6-13(10-15(14)27-18)19-17(22)12-4-2-8-21(11-12)28(23,24)16-5-3-9-26-16/h3,5-7,9-10,12H,2,4,8,11H2,1H3,(H,19,22). The number of thiophene rings is 1. The number of thioether (sulfide) groups is 1. The number of piperidine rings is 1. The number of amides is 1. The topological polar surface area (TPSA) is 79.4 Å². The van der Waals surface area contributed by atoms with Crippen molar-refractivity contribution in [3.05, 3.63) is 35.7 Å². The average molecular weight is 454 g/mol. The molecule has 0 aliphatic carbocycles. The maximum Gasteiger partial charge on any atom is 0.252 e. The van der Waals surface area contributed by atoms with E-state index in [0.29, 0.717) is 29.3 Å². The van der Waals surface area contributed by atoms with Gasteiger partial charge in [0.25, 0.3) is 10.0 Å². The van der Waals surface area contributed by atoms with Gasteiger partial charge in [0, 0.05) is 18.8 Å². The van der Waals surface area contributed by atoms with Gasteiger partial charge >= 0.3 is 0 Å². The molecule has 1 amide bonds. The van der Waals surface area contributed by atoms with E-state index < -0.39 is 10.0 Å². The lowest BCUT2D eigenvalue weighted by Crippen LogP contribution is -2.43. The van der Waals surface area contributed by atoms with Gasteiger partial charge in [-0.25, -0.2) is 13.4 Å². The number of hydrogen-bond donors (Lipinski definition) is 1. The second-order valence-electron chi connectivity index (χ2n) is 6.49. The molecule has 1 fully saturated rings. The third-order valence-electron chi connectivity index (χ3n) is 4.66. The van der Waals surface area contributed by atoms with Crippen LogP contribution in [0.2, 0.25) is 0 Å². The molecule has 1 aliphatic heterocycles. The van der Waals surface area contributed by atoms with Crippen molar-refractivity contribution in [2.45, 2.75) is 21.4 Å². The van der Waals surface area contributed by atoms with Gasteiger partial charge in [0.05, 0.1) is 16.1 Å². The second-order valence-corrected chi connectivity index (χ2v) is 11.7. The molecule has 1 N–H and O–H groups in total. The molecule has 1 saturated heterocycles. The van der Waals surface area contributed by atoms with Crippen LogP contribution in [0, 0.1) is 5.92 Å². The lowest BCUT2D eigenvalue weighted by atomic mass is 9.99. The van der Waals surface area contributed by atoms with Crippen molar-refractivity contribution in [3.63, 3.8) is 0 Å². The molecule has 1 aromatic carbocycles. The molecule has 3 heterocycles. The lowest BCUT2D eigenvalue weighted by Gasteiger charge is -2.30. The van der Waals surface area contributed by atoms with E-state index in [0.717, 1.165) is 14.6 Å². The van der Waals surface area contributed by atoms with Gasteiger partial charge in [0.1, 0.15) is 4.21 Å². The minimum absolute atomic E-state index is 0.139. The van der Waals surface area contributed by atoms with Crippen LogP contribution in [0.4, 0.5) is 5.69 Å². The number of sulfonamides is 1. The maximum atomic E-state index is 12.8. The predicted molar refractivity (Wildman–Crippen MR) is 116 cm³/mol. The SMILES string of the molecule is CSc1nc2ccc(NC(=O)C3CCCN(S(=O)(=O)c4cccs4)C3)cc2s1. The molecule has 0 spiro atoms. The molecule has 10 heteroatoms. The highest BCUT2D eigenvalue weighted by Crippen LogP contribution is 2.31. The molecular formula is C18H19N3O3S4. The first kappa shape index (κ1) is 19.8. The summed E-state index contributed by atoms with van der Waals surface area (Å²) in [6, 6.07) is 9.00. The van der Waals surface area contributed by atoms with Crippen LogP contribution in [0.3, 0.4) is 0 Å². The van der Waals surface area contributed by atoms with Crippen LogP contribution in [0.25, 0.3) is 10.2 Å². The quantitative estimate of drug-likeness (QED) is 0.588. The van der Waals surface area contributed by atoms with Crippen molar-refractivity contribution < 1.29 is 13.2 Å². The Hall–Kier alpha value is -1.46. The van der Waals surface area contributed by atoms with Crippen molar-refractivity contribution in [2.75, 3.05) is 24.7 Å². The Labute approximate surface area is 176 Å². The van der Waals surface area contributed by atoms with Gasteiger partial charge < -0.3 is 5.32 Å². The Morgan fingerprint density at radius 1 is 1.36 bits per heavy atom. The van der Waals surface area contributed by atoms with Crippen molar-refractivity contribution in [2.24, 2.45) is 5.92 Å². The molecule has 1 aliphatic rings. The Bertz CT molecular complexity index is 1090. The van der Waals surface area contributed by atoms with Gasteiger partial charge in [0.15, 0.2) is 4.34 Å². The highest BCUT2D eigenvalue weighted by atomic mass is 32.2. The van der Waals surface area contributed by atoms with Crippen molar-refractivity contribution in [1.82, 2.24) is 9.29 Å². The summed E-state index contributed by atoms with van der Waals surface area (Å²) in [6.07, 6.45) is 3.34. The van der Waals surface area contributed by atoms with Gasteiger partial charge in [-0.05, 0) is 48.7 Å². The summed E-state index contributed by atoms with van der Waals surface area (Å²) >= 11 is 4.39. The molecule has 1 unspecified atom stereocenters. The second kappa shape index (κ2) is 8.11. The first-order valence-electron chi connectivity index (χ1n) is 8.76. The lowest BCUT2D eigenvalue weighted by molar-refractivity contribution is -0.120. The van der Waals surface area contributed by atoms with Crippen molar-refractivity contribution in [1.29, 1.82) is 0 Å². The van der Waals surface area contributed by atoms with Crippen LogP contribution in [-0.4, -0.2) is 43.0 Å². The fourth-order valence-electron chi connectivity index (χ4n) is 3.23. The molecular weight excluding hydrogens is 434 g/mol. The number of carbonyl (C=O) groups excluding carboxylic acids is 1. The molecule has 4 rings (SSSR count). The van der Waals surface area contributed by atoms with E-state index in [1.165, 1.54) is 15.6 Å². The van der Waals surface area contributed by atoms with E-state index in [1.807, 2.05) is 24.5 Å². The minimum Gasteiger partial charge on any atom is -0.326 e. The zero-order valence-corrected chi connectivity index (χ0v) is 18.4. The number of anilines is 1. The molecule has 6 nitrogen and oxygen atoms in total. The van der Waals surface area contributed by atoms with Gasteiger partial charge in [-0.3, -0.25) is 4.79 Å². The number of benzene rings is 1. The Kier molecular flexibility index (Phi) is 5.75. The van der Waals surface area contributed by atoms with Crippen LogP contribution < -0.4 is 5.32 Å². The molecule has 0 radical (unpaired) electrons. The molecule has 0 saturated carbocycles. The number of nitrogens with one attached hydrogen (secondary N) is 1. The highest BCUT2D eigenvalue weighted by molar-refractivity contribution is 8.00. The van der Waals surface area contributed by atoms with E-state index in [9.17, 15) is 13.2 Å². The van der Waals surface area contributed by atoms with Crippen LogP contribution in [0.1, 0.15) is 12.8 Å². The van der Waals surface area contributed by atoms with Gasteiger partial charge in [-0.2, -0.15) is 4.31 Å². The van der Waals surface area contributed by atoms with E-state index in [2.05, 4.69) is 10.3 Å². The van der Waals surface area contributed by atoms with E-state index in [1.54, 1.807) is 40.6 Å². The Balaban J connectivity index is 1.47. The number of carbonyl (C=O) groups is 1. The smallest absolute Gasteiger partial charge is 0.252 e. The summed E-state index contributed by atoms with van der Waals surface area (Å²) in [5.74, 6) is -0.498. The third kappa shape index (κ3) is 3.97. The summed E-state index contributed by atoms with van der Waals surface area (Å²) in [4.78, 5) is 17.3. The van der Waals surface area contributed by atoms with E-state index in [4.69, 9.17) is 0 Å². The zero-order valence-electron chi connectivity index (χ0n) is 15.1. The van der Waals surface area contributed by atoms with Crippen molar-refractivity contribution in [3.8, 4) is 0 Å². The summed E-state index contributed by atoms with van der Waals surface area (Å²) in [6.45, 7) is 0.666. The van der Waals surface area contributed by atoms with Crippen LogP contribution in [0.5, 0.6) is 0 Å². The number of hydrogen-bond acceptors (Lipinski definition) is 7. The van der Waals surface area contributed by atoms with Crippen LogP contribution in [0.15, 0.2) is 44.3 Å². The summed E-state index contributed by atoms with van der Waals surface area (Å²) < 4.78 is 29.3. The molecule has 0 bridgehead atoms. The molecule has 2 aromatic heterocycles. The Morgan fingerprint density at radius 2 is 2.21 bits per heavy atom. The van der Waals surface area contributed by atoms with Crippen molar-refractivity contribution >= 4 is 66.3 Å². The summed E-state index contributed by atoms with van der Waals surface area (Å²) in [5, 5.41) is 4.70. The maximum absolute atomic E-state index is 12.8. The molecule has 1 atom stereocenters. The average Bonchev–Trinajstić information content (AvgIpc) is 3.37. The number of rotatable bonds is 5. The first-order valence-corrected chi connectivity index (χ1v) is 13.1. The molecule has 148 valence electrons. The third-order valence-corrected chi connectivity index (χ3v) is 9.90. The van der Waals surface area contributed by atoms with E-state index >= 15 is 0 Å². The fraction of sp³-hybridized carbons (Fsp3) is 0.333. The summed E-state index contributed by atoms with van der Waals surface area (Å²) in [7, 11) is -3.52. The van der Waals surface area contributed by atoms with Gasteiger partial charge in [0.2, 0.25) is 5.91 Å². The normalized spacial score (nSPS) is 18.4. The van der Waals surface area contributed by atoms with Crippen LogP contribution >= 0.6 is 34.4 Å². The predicted octanol–water partition coefficient (Wildman–Crippen LogP) is 4.12. The van der Waals surface area contributed by atoms with Crippen LogP contribution in [-0.2, 0) is 14.8 Å². The number of nitrogens with zero attached hydrogens (tertiary/aromatic N) is 2. The largest absolute Gasteiger partial charge is 0.326 e. The monoisotopic (exact) mass is 453 g/mol. The number of thiazole rings is 1. The number of fused-ring (bicyclic) bond motifs is 1.